The fourth-order valence-electron chi connectivity index (χ4n) is 3.43. The number of halogens is 1. The number of hydrogen-bond acceptors (Lipinski definition) is 5. The summed E-state index contributed by atoms with van der Waals surface area (Å²) in [6, 6.07) is 11.3. The Morgan fingerprint density at radius 1 is 0.909 bits per heavy atom. The van der Waals surface area contributed by atoms with Crippen molar-refractivity contribution in [2.45, 2.75) is 45.8 Å². The van der Waals surface area contributed by atoms with Gasteiger partial charge in [0.05, 0.1) is 47.5 Å². The van der Waals surface area contributed by atoms with Gasteiger partial charge in [0.2, 0.25) is 5.75 Å². The van der Waals surface area contributed by atoms with E-state index in [-0.39, 0.29) is 30.6 Å². The number of carbonyl (C=O) groups is 1. The van der Waals surface area contributed by atoms with Crippen LogP contribution in [0, 0.1) is 0 Å². The highest BCUT2D eigenvalue weighted by Crippen LogP contribution is 2.39. The predicted octanol–water partition coefficient (Wildman–Crippen LogP) is 2.23. The molecule has 0 aliphatic rings. The van der Waals surface area contributed by atoms with E-state index in [4.69, 9.17) is 18.9 Å². The number of esters is 1. The van der Waals surface area contributed by atoms with Crippen molar-refractivity contribution < 1.29 is 52.2 Å². The van der Waals surface area contributed by atoms with Gasteiger partial charge in [0.25, 0.3) is 0 Å². The molecule has 0 aromatic heterocycles. The smallest absolute Gasteiger partial charge is 0.338 e. The molecule has 7 heteroatoms. The van der Waals surface area contributed by atoms with Crippen LogP contribution in [0.4, 0.5) is 0 Å². The highest BCUT2D eigenvalue weighted by Gasteiger charge is 2.19. The van der Waals surface area contributed by atoms with Crippen molar-refractivity contribution in [3.8, 4) is 17.2 Å². The van der Waals surface area contributed by atoms with Crippen LogP contribution < -0.4 is 38.2 Å². The summed E-state index contributed by atoms with van der Waals surface area (Å²) in [4.78, 5) is 12.8. The lowest BCUT2D eigenvalue weighted by Crippen LogP contribution is -3.00. The average Bonchev–Trinajstić information content (AvgIpc) is 2.76. The summed E-state index contributed by atoms with van der Waals surface area (Å²) in [6.07, 6.45) is 4.42. The van der Waals surface area contributed by atoms with Crippen molar-refractivity contribution in [1.29, 1.82) is 0 Å². The SMILES string of the molecule is CCCCCCOc1c(OC)cc(C(=O)OCc2ccccc2C[N+](C)(C)C)cc1OC.[I-]. The van der Waals surface area contributed by atoms with Crippen molar-refractivity contribution in [1.82, 2.24) is 0 Å². The first-order chi connectivity index (χ1) is 15.3. The molecule has 0 saturated heterocycles. The van der Waals surface area contributed by atoms with Gasteiger partial charge in [0.1, 0.15) is 13.2 Å². The zero-order chi connectivity index (χ0) is 23.6. The molecule has 0 aliphatic heterocycles. The van der Waals surface area contributed by atoms with Gasteiger partial charge in [-0.3, -0.25) is 0 Å². The van der Waals surface area contributed by atoms with E-state index >= 15 is 0 Å². The maximum absolute atomic E-state index is 12.8. The largest absolute Gasteiger partial charge is 1.00 e. The van der Waals surface area contributed by atoms with E-state index in [1.54, 1.807) is 26.4 Å². The second kappa shape index (κ2) is 14.3. The fraction of sp³-hybridized carbons (Fsp3) is 0.500. The average molecular weight is 571 g/mol. The van der Waals surface area contributed by atoms with Crippen LogP contribution in [0.3, 0.4) is 0 Å². The minimum Gasteiger partial charge on any atom is -1.00 e. The molecule has 0 amide bonds. The van der Waals surface area contributed by atoms with Gasteiger partial charge < -0.3 is 47.4 Å². The van der Waals surface area contributed by atoms with E-state index < -0.39 is 5.97 Å². The molecule has 6 nitrogen and oxygen atoms in total. The Morgan fingerprint density at radius 3 is 2.06 bits per heavy atom. The lowest BCUT2D eigenvalue weighted by molar-refractivity contribution is -0.884. The molecule has 2 aromatic carbocycles. The summed E-state index contributed by atoms with van der Waals surface area (Å²) in [7, 11) is 9.50. The number of benzene rings is 2. The van der Waals surface area contributed by atoms with Crippen LogP contribution in [0.15, 0.2) is 36.4 Å². The molecule has 0 spiro atoms. The number of carbonyl (C=O) groups excluding carboxylic acids is 1. The van der Waals surface area contributed by atoms with Crippen LogP contribution in [0.1, 0.15) is 54.1 Å². The van der Waals surface area contributed by atoms with Gasteiger partial charge in [-0.05, 0) is 24.1 Å². The normalized spacial score (nSPS) is 10.8. The highest BCUT2D eigenvalue weighted by atomic mass is 127. The van der Waals surface area contributed by atoms with Crippen LogP contribution in [0.25, 0.3) is 0 Å². The topological polar surface area (TPSA) is 54.0 Å². The molecule has 0 radical (unpaired) electrons. The molecule has 184 valence electrons. The molecule has 0 atom stereocenters. The molecular formula is C26H38INO5. The third-order valence-corrected chi connectivity index (χ3v) is 5.06. The van der Waals surface area contributed by atoms with Gasteiger partial charge >= 0.3 is 5.97 Å². The summed E-state index contributed by atoms with van der Waals surface area (Å²) < 4.78 is 23.3. The minimum absolute atomic E-state index is 0. The Morgan fingerprint density at radius 2 is 1.52 bits per heavy atom. The van der Waals surface area contributed by atoms with Gasteiger partial charge in [-0.25, -0.2) is 4.79 Å². The number of hydrogen-bond donors (Lipinski definition) is 0. The number of methoxy groups -OCH3 is 2. The minimum atomic E-state index is -0.434. The summed E-state index contributed by atoms with van der Waals surface area (Å²) >= 11 is 0. The molecular weight excluding hydrogens is 533 g/mol. The standard InChI is InChI=1S/C26H38NO5.HI/c1-7-8-9-12-15-31-25-23(29-5)16-22(17-24(25)30-6)26(28)32-19-21-14-11-10-13-20(21)18-27(2,3)4;/h10-11,13-14,16-17H,7-9,12,15,18-19H2,1-6H3;1H/q+1;/p-1. The van der Waals surface area contributed by atoms with Crippen molar-refractivity contribution >= 4 is 5.97 Å². The zero-order valence-electron chi connectivity index (χ0n) is 20.8. The third kappa shape index (κ3) is 9.41. The number of quaternary nitrogens is 1. The van der Waals surface area contributed by atoms with Crippen molar-refractivity contribution in [2.75, 3.05) is 42.0 Å². The van der Waals surface area contributed by atoms with Gasteiger partial charge in [0, 0.05) is 5.56 Å². The number of ether oxygens (including phenoxy) is 4. The first-order valence-corrected chi connectivity index (χ1v) is 11.2. The molecule has 0 heterocycles. The van der Waals surface area contributed by atoms with Crippen LogP contribution in [-0.4, -0.2) is 52.4 Å². The maximum Gasteiger partial charge on any atom is 0.338 e. The summed E-state index contributed by atoms with van der Waals surface area (Å²) in [6.45, 7) is 3.79. The molecule has 0 aliphatic carbocycles. The molecule has 0 unspecified atom stereocenters. The van der Waals surface area contributed by atoms with E-state index in [0.717, 1.165) is 35.0 Å². The van der Waals surface area contributed by atoms with Gasteiger partial charge in [0.15, 0.2) is 11.5 Å². The first kappa shape index (κ1) is 29.0. The molecule has 0 saturated carbocycles. The summed E-state index contributed by atoms with van der Waals surface area (Å²) in [5.41, 5.74) is 2.52. The lowest BCUT2D eigenvalue weighted by atomic mass is 10.1. The first-order valence-electron chi connectivity index (χ1n) is 11.2. The monoisotopic (exact) mass is 571 g/mol. The Balaban J connectivity index is 0.00000544. The fourth-order valence-corrected chi connectivity index (χ4v) is 3.43. The van der Waals surface area contributed by atoms with Gasteiger partial charge in [-0.15, -0.1) is 0 Å². The number of unbranched alkanes of at least 4 members (excludes halogenated alkanes) is 3. The van der Waals surface area contributed by atoms with Crippen LogP contribution in [0.2, 0.25) is 0 Å². The molecule has 0 fully saturated rings. The van der Waals surface area contributed by atoms with E-state index in [9.17, 15) is 4.79 Å². The predicted molar refractivity (Wildman–Crippen MR) is 126 cm³/mol. The molecule has 2 rings (SSSR count). The zero-order valence-corrected chi connectivity index (χ0v) is 22.9. The van der Waals surface area contributed by atoms with E-state index in [1.165, 1.54) is 12.8 Å². The second-order valence-corrected chi connectivity index (χ2v) is 8.91. The van der Waals surface area contributed by atoms with E-state index in [1.807, 2.05) is 18.2 Å². The molecule has 0 bridgehead atoms. The van der Waals surface area contributed by atoms with Crippen molar-refractivity contribution in [2.24, 2.45) is 0 Å². The number of rotatable bonds is 13. The Labute approximate surface area is 215 Å². The molecule has 33 heavy (non-hydrogen) atoms. The Bertz CT molecular complexity index is 854. The van der Waals surface area contributed by atoms with Crippen LogP contribution >= 0.6 is 0 Å². The van der Waals surface area contributed by atoms with E-state index in [0.29, 0.717) is 29.4 Å². The van der Waals surface area contributed by atoms with Gasteiger partial charge in [-0.2, -0.15) is 0 Å². The quantitative estimate of drug-likeness (QED) is 0.160. The summed E-state index contributed by atoms with van der Waals surface area (Å²) in [5.74, 6) is 0.988. The number of nitrogens with zero attached hydrogens (tertiary/aromatic N) is 1. The molecule has 0 N–H and O–H groups in total. The lowest BCUT2D eigenvalue weighted by Gasteiger charge is -2.25. The van der Waals surface area contributed by atoms with Crippen LogP contribution in [-0.2, 0) is 17.9 Å². The molecule has 2 aromatic rings. The van der Waals surface area contributed by atoms with Gasteiger partial charge in [-0.1, -0.05) is 50.5 Å². The highest BCUT2D eigenvalue weighted by molar-refractivity contribution is 5.91. The Kier molecular flexibility index (Phi) is 12.6. The maximum atomic E-state index is 12.8. The Hall–Kier alpha value is -2.00. The second-order valence-electron chi connectivity index (χ2n) is 8.91. The van der Waals surface area contributed by atoms with Crippen LogP contribution in [0.5, 0.6) is 17.2 Å². The van der Waals surface area contributed by atoms with Crippen molar-refractivity contribution in [3.05, 3.63) is 53.1 Å². The van der Waals surface area contributed by atoms with E-state index in [2.05, 4.69) is 34.1 Å². The van der Waals surface area contributed by atoms with Crippen molar-refractivity contribution in [3.63, 3.8) is 0 Å². The third-order valence-electron chi connectivity index (χ3n) is 5.06. The summed E-state index contributed by atoms with van der Waals surface area (Å²) in [5, 5.41) is 0.